The summed E-state index contributed by atoms with van der Waals surface area (Å²) >= 11 is 1.50. The van der Waals surface area contributed by atoms with Gasteiger partial charge in [0.2, 0.25) is 5.91 Å². The second kappa shape index (κ2) is 9.29. The van der Waals surface area contributed by atoms with Gasteiger partial charge in [-0.15, -0.1) is 11.3 Å². The molecule has 0 atom stereocenters. The van der Waals surface area contributed by atoms with Gasteiger partial charge in [-0.3, -0.25) is 9.59 Å². The van der Waals surface area contributed by atoms with Crippen LogP contribution in [0.4, 0.5) is 0 Å². The fourth-order valence-corrected chi connectivity index (χ4v) is 6.17. The van der Waals surface area contributed by atoms with Gasteiger partial charge < -0.3 is 15.1 Å². The van der Waals surface area contributed by atoms with E-state index >= 15 is 0 Å². The molecule has 1 aliphatic heterocycles. The number of aromatic nitrogens is 2. The summed E-state index contributed by atoms with van der Waals surface area (Å²) < 4.78 is 0. The smallest absolute Gasteiger partial charge is 0.264 e. The molecule has 33 heavy (non-hydrogen) atoms. The van der Waals surface area contributed by atoms with Gasteiger partial charge in [0, 0.05) is 43.4 Å². The zero-order valence-electron chi connectivity index (χ0n) is 20.8. The molecule has 0 unspecified atom stereocenters. The second-order valence-electron chi connectivity index (χ2n) is 10.9. The number of hydrogen-bond acceptors (Lipinski definition) is 6. The molecule has 4 rings (SSSR count). The van der Waals surface area contributed by atoms with Crippen LogP contribution in [0, 0.1) is 25.2 Å². The number of amides is 2. The third kappa shape index (κ3) is 5.38. The first-order chi connectivity index (χ1) is 15.6. The molecule has 2 fully saturated rings. The molecule has 1 saturated carbocycles. The van der Waals surface area contributed by atoms with E-state index in [0.29, 0.717) is 38.4 Å². The van der Waals surface area contributed by atoms with Crippen LogP contribution < -0.4 is 5.32 Å². The molecule has 1 N–H and O–H groups in total. The summed E-state index contributed by atoms with van der Waals surface area (Å²) in [5.74, 6) is 1.58. The Balaban J connectivity index is 1.37. The van der Waals surface area contributed by atoms with Gasteiger partial charge in [-0.1, -0.05) is 13.8 Å². The summed E-state index contributed by atoms with van der Waals surface area (Å²) in [5.41, 5.74) is 1.99. The first-order valence-electron chi connectivity index (χ1n) is 12.0. The van der Waals surface area contributed by atoms with Crippen LogP contribution in [0.15, 0.2) is 0 Å². The molecule has 0 radical (unpaired) electrons. The van der Waals surface area contributed by atoms with E-state index < -0.39 is 0 Å². The minimum atomic E-state index is -0.0260. The number of nitrogens with zero attached hydrogens (tertiary/aromatic N) is 4. The number of likely N-dealkylation sites (tertiary alicyclic amines) is 1. The summed E-state index contributed by atoms with van der Waals surface area (Å²) in [4.78, 5) is 41.3. The van der Waals surface area contributed by atoms with E-state index in [2.05, 4.69) is 38.2 Å². The second-order valence-corrected chi connectivity index (χ2v) is 11.9. The van der Waals surface area contributed by atoms with Gasteiger partial charge in [0.15, 0.2) is 0 Å². The topological polar surface area (TPSA) is 78.4 Å². The Labute approximate surface area is 201 Å². The number of carbonyl (C=O) groups excluding carboxylic acids is 2. The van der Waals surface area contributed by atoms with Crippen molar-refractivity contribution in [2.45, 2.75) is 59.3 Å². The monoisotopic (exact) mass is 471 g/mol. The Bertz CT molecular complexity index is 1050. The number of piperidine rings is 1. The van der Waals surface area contributed by atoms with Crippen LogP contribution in [-0.2, 0) is 4.79 Å². The van der Waals surface area contributed by atoms with E-state index in [1.807, 2.05) is 18.7 Å². The lowest BCUT2D eigenvalue weighted by Gasteiger charge is -2.33. The highest BCUT2D eigenvalue weighted by molar-refractivity contribution is 7.20. The molecule has 2 aromatic rings. The van der Waals surface area contributed by atoms with Crippen molar-refractivity contribution in [2.75, 3.05) is 40.3 Å². The zero-order valence-corrected chi connectivity index (χ0v) is 21.6. The van der Waals surface area contributed by atoms with Crippen molar-refractivity contribution in [3.63, 3.8) is 0 Å². The van der Waals surface area contributed by atoms with Gasteiger partial charge in [-0.05, 0) is 64.6 Å². The van der Waals surface area contributed by atoms with Crippen LogP contribution in [0.25, 0.3) is 10.2 Å². The molecule has 0 aromatic carbocycles. The Hall–Kier alpha value is -2.06. The number of hydrogen-bond donors (Lipinski definition) is 1. The first kappa shape index (κ1) is 24.1. The van der Waals surface area contributed by atoms with Gasteiger partial charge >= 0.3 is 0 Å². The van der Waals surface area contributed by atoms with Crippen LogP contribution in [-0.4, -0.2) is 71.9 Å². The largest absolute Gasteiger partial charge is 0.355 e. The molecule has 3 heterocycles. The van der Waals surface area contributed by atoms with Crippen molar-refractivity contribution in [1.82, 2.24) is 25.1 Å². The lowest BCUT2D eigenvalue weighted by molar-refractivity contribution is -0.126. The molecule has 180 valence electrons. The van der Waals surface area contributed by atoms with Crippen LogP contribution in [0.2, 0.25) is 0 Å². The first-order valence-corrected chi connectivity index (χ1v) is 12.9. The van der Waals surface area contributed by atoms with E-state index in [4.69, 9.17) is 9.97 Å². The lowest BCUT2D eigenvalue weighted by atomic mass is 9.91. The van der Waals surface area contributed by atoms with E-state index in [1.165, 1.54) is 11.3 Å². The van der Waals surface area contributed by atoms with Gasteiger partial charge in [0.05, 0.1) is 10.6 Å². The van der Waals surface area contributed by atoms with E-state index in [-0.39, 0.29) is 23.1 Å². The molecule has 1 saturated heterocycles. The van der Waals surface area contributed by atoms with E-state index in [0.717, 1.165) is 51.6 Å². The summed E-state index contributed by atoms with van der Waals surface area (Å²) in [5, 5.41) is 4.17. The Morgan fingerprint density at radius 1 is 1.12 bits per heavy atom. The van der Waals surface area contributed by atoms with Gasteiger partial charge in [-0.25, -0.2) is 9.97 Å². The highest BCUT2D eigenvalue weighted by Gasteiger charge is 2.32. The van der Waals surface area contributed by atoms with Crippen LogP contribution in [0.3, 0.4) is 0 Å². The minimum absolute atomic E-state index is 0.0227. The van der Waals surface area contributed by atoms with Gasteiger partial charge in [0.1, 0.15) is 10.7 Å². The van der Waals surface area contributed by atoms with E-state index in [9.17, 15) is 9.59 Å². The predicted octanol–water partition coefficient (Wildman–Crippen LogP) is 3.74. The maximum Gasteiger partial charge on any atom is 0.264 e. The van der Waals surface area contributed by atoms with E-state index in [1.54, 1.807) is 0 Å². The third-order valence-electron chi connectivity index (χ3n) is 6.76. The summed E-state index contributed by atoms with van der Waals surface area (Å²) in [6.45, 7) is 11.2. The number of rotatable bonds is 7. The lowest BCUT2D eigenvalue weighted by Crippen LogP contribution is -2.46. The summed E-state index contributed by atoms with van der Waals surface area (Å²) in [6.07, 6.45) is 3.74. The molecule has 1 aliphatic carbocycles. The predicted molar refractivity (Wildman–Crippen MR) is 133 cm³/mol. The average molecular weight is 472 g/mol. The Morgan fingerprint density at radius 2 is 1.79 bits per heavy atom. The van der Waals surface area contributed by atoms with Crippen molar-refractivity contribution in [1.29, 1.82) is 0 Å². The highest BCUT2D eigenvalue weighted by Crippen LogP contribution is 2.40. The molecule has 2 aliphatic rings. The van der Waals surface area contributed by atoms with Gasteiger partial charge in [-0.2, -0.15) is 0 Å². The molecule has 2 aromatic heterocycles. The maximum absolute atomic E-state index is 13.4. The minimum Gasteiger partial charge on any atom is -0.355 e. The molecule has 0 spiro atoms. The Morgan fingerprint density at radius 3 is 2.39 bits per heavy atom. The van der Waals surface area contributed by atoms with Crippen molar-refractivity contribution in [2.24, 2.45) is 11.3 Å². The van der Waals surface area contributed by atoms with Crippen LogP contribution in [0.5, 0.6) is 0 Å². The Kier molecular flexibility index (Phi) is 6.78. The van der Waals surface area contributed by atoms with Crippen molar-refractivity contribution >= 4 is 33.4 Å². The third-order valence-corrected chi connectivity index (χ3v) is 7.94. The highest BCUT2D eigenvalue weighted by atomic mass is 32.1. The molecular formula is C25H37N5O2S. The average Bonchev–Trinajstić information content (AvgIpc) is 3.54. The summed E-state index contributed by atoms with van der Waals surface area (Å²) in [7, 11) is 4.10. The number of aryl methyl sites for hydroxylation is 2. The fraction of sp³-hybridized carbons (Fsp3) is 0.680. The fourth-order valence-electron chi connectivity index (χ4n) is 4.96. The van der Waals surface area contributed by atoms with Crippen LogP contribution in [0.1, 0.15) is 72.2 Å². The zero-order chi connectivity index (χ0) is 23.9. The molecule has 7 nitrogen and oxygen atoms in total. The SMILES string of the molecule is Cc1nc(C2CC2)nc2sc(C(=O)N3CCC(C(=O)NCC(C)(C)CN(C)C)CC3)c(C)c12. The summed E-state index contributed by atoms with van der Waals surface area (Å²) in [6, 6.07) is 0. The number of nitrogens with one attached hydrogen (secondary N) is 1. The van der Waals surface area contributed by atoms with Crippen LogP contribution >= 0.6 is 11.3 Å². The standard InChI is InChI=1S/C25H37N5O2S/c1-15-19-16(2)27-21(17-7-8-17)28-23(19)33-20(15)24(32)30-11-9-18(10-12-30)22(31)26-13-25(3,4)14-29(5)6/h17-18H,7-14H2,1-6H3,(H,26,31). The number of thiophene rings is 1. The number of fused-ring (bicyclic) bond motifs is 1. The molecule has 8 heteroatoms. The van der Waals surface area contributed by atoms with Crippen molar-refractivity contribution < 1.29 is 9.59 Å². The van der Waals surface area contributed by atoms with Gasteiger partial charge in [0.25, 0.3) is 5.91 Å². The van der Waals surface area contributed by atoms with Crippen molar-refractivity contribution in [3.05, 3.63) is 22.0 Å². The normalized spacial score (nSPS) is 17.7. The maximum atomic E-state index is 13.4. The molecular weight excluding hydrogens is 434 g/mol. The number of carbonyl (C=O) groups is 2. The van der Waals surface area contributed by atoms with Crippen molar-refractivity contribution in [3.8, 4) is 0 Å². The molecule has 0 bridgehead atoms. The molecule has 2 amide bonds. The quantitative estimate of drug-likeness (QED) is 0.666.